The number of hydrogen-bond acceptors (Lipinski definition) is 5. The number of rotatable bonds is 4. The van der Waals surface area contributed by atoms with E-state index in [4.69, 9.17) is 11.6 Å². The van der Waals surface area contributed by atoms with E-state index in [0.717, 1.165) is 31.7 Å². The molecule has 0 bridgehead atoms. The zero-order chi connectivity index (χ0) is 19.6. The summed E-state index contributed by atoms with van der Waals surface area (Å²) in [5.41, 5.74) is 3.93. The SMILES string of the molecule is O=C(NNC(=O)c1cc(S(=O)(=O)N2CCCC2)ccc1Cl)C(=O)NC1CC1. The van der Waals surface area contributed by atoms with Crippen LogP contribution < -0.4 is 16.2 Å². The standard InChI is InChI=1S/C16H19ClN4O5S/c17-13-6-5-11(27(25,26)21-7-1-2-8-21)9-12(13)14(22)19-20-16(24)15(23)18-10-3-4-10/h5-6,9-10H,1-4,7-8H2,(H,18,23)(H,19,22)(H,20,24). The van der Waals surface area contributed by atoms with Gasteiger partial charge >= 0.3 is 11.8 Å². The fraction of sp³-hybridized carbons (Fsp3) is 0.438. The van der Waals surface area contributed by atoms with Gasteiger partial charge in [0.25, 0.3) is 5.91 Å². The largest absolute Gasteiger partial charge is 0.345 e. The van der Waals surface area contributed by atoms with Gasteiger partial charge in [-0.1, -0.05) is 11.6 Å². The summed E-state index contributed by atoms with van der Waals surface area (Å²) < 4.78 is 26.6. The van der Waals surface area contributed by atoms with Gasteiger partial charge < -0.3 is 5.32 Å². The van der Waals surface area contributed by atoms with Crippen LogP contribution in [0.3, 0.4) is 0 Å². The molecule has 1 aliphatic carbocycles. The highest BCUT2D eigenvalue weighted by Crippen LogP contribution is 2.25. The minimum Gasteiger partial charge on any atom is -0.345 e. The molecular formula is C16H19ClN4O5S. The van der Waals surface area contributed by atoms with Crippen LogP contribution in [0.25, 0.3) is 0 Å². The predicted octanol–water partition coefficient (Wildman–Crippen LogP) is 0.164. The van der Waals surface area contributed by atoms with Crippen molar-refractivity contribution in [1.82, 2.24) is 20.5 Å². The molecule has 27 heavy (non-hydrogen) atoms. The van der Waals surface area contributed by atoms with Gasteiger partial charge in [-0.15, -0.1) is 0 Å². The van der Waals surface area contributed by atoms with E-state index in [9.17, 15) is 22.8 Å². The number of sulfonamides is 1. The Balaban J connectivity index is 1.68. The number of hydrazine groups is 1. The second kappa shape index (κ2) is 7.83. The van der Waals surface area contributed by atoms with Crippen molar-refractivity contribution in [2.24, 2.45) is 0 Å². The Hall–Kier alpha value is -2.17. The first kappa shape index (κ1) is 19.6. The van der Waals surface area contributed by atoms with Crippen LogP contribution in [0.4, 0.5) is 0 Å². The van der Waals surface area contributed by atoms with E-state index in [1.807, 2.05) is 5.43 Å². The molecule has 3 amide bonds. The van der Waals surface area contributed by atoms with Crippen LogP contribution in [0.2, 0.25) is 5.02 Å². The van der Waals surface area contributed by atoms with Crippen LogP contribution in [0, 0.1) is 0 Å². The quantitative estimate of drug-likeness (QED) is 0.478. The molecule has 1 saturated heterocycles. The monoisotopic (exact) mass is 414 g/mol. The normalized spacial score (nSPS) is 17.4. The number of hydrogen-bond donors (Lipinski definition) is 3. The molecule has 1 aromatic rings. The van der Waals surface area contributed by atoms with Crippen LogP contribution in [-0.4, -0.2) is 49.6 Å². The summed E-state index contributed by atoms with van der Waals surface area (Å²) in [6.07, 6.45) is 3.21. The van der Waals surface area contributed by atoms with Crippen molar-refractivity contribution < 1.29 is 22.8 Å². The molecule has 1 aliphatic heterocycles. The first-order valence-electron chi connectivity index (χ1n) is 8.50. The van der Waals surface area contributed by atoms with Crippen LogP contribution in [0.1, 0.15) is 36.0 Å². The van der Waals surface area contributed by atoms with Gasteiger partial charge in [-0.2, -0.15) is 4.31 Å². The topological polar surface area (TPSA) is 125 Å². The Morgan fingerprint density at radius 3 is 2.33 bits per heavy atom. The van der Waals surface area contributed by atoms with Crippen LogP contribution in [0.15, 0.2) is 23.1 Å². The smallest absolute Gasteiger partial charge is 0.327 e. The first-order valence-corrected chi connectivity index (χ1v) is 10.3. The Morgan fingerprint density at radius 1 is 1.04 bits per heavy atom. The van der Waals surface area contributed by atoms with Gasteiger partial charge in [0.1, 0.15) is 0 Å². The molecule has 1 saturated carbocycles. The van der Waals surface area contributed by atoms with Crippen LogP contribution in [0.5, 0.6) is 0 Å². The summed E-state index contributed by atoms with van der Waals surface area (Å²) in [5, 5.41) is 2.49. The second-order valence-corrected chi connectivity index (χ2v) is 8.75. The van der Waals surface area contributed by atoms with Crippen molar-refractivity contribution in [3.63, 3.8) is 0 Å². The Bertz CT molecular complexity index is 879. The third-order valence-corrected chi connectivity index (χ3v) is 6.52. The average Bonchev–Trinajstić information content (AvgIpc) is 3.26. The molecule has 1 aromatic carbocycles. The predicted molar refractivity (Wildman–Crippen MR) is 96.2 cm³/mol. The maximum atomic E-state index is 12.6. The summed E-state index contributed by atoms with van der Waals surface area (Å²) in [6, 6.07) is 3.79. The summed E-state index contributed by atoms with van der Waals surface area (Å²) in [6.45, 7) is 0.858. The second-order valence-electron chi connectivity index (χ2n) is 6.41. The maximum Gasteiger partial charge on any atom is 0.327 e. The van der Waals surface area contributed by atoms with Crippen molar-refractivity contribution >= 4 is 39.3 Å². The zero-order valence-electron chi connectivity index (χ0n) is 14.3. The molecule has 3 rings (SSSR count). The van der Waals surface area contributed by atoms with Crippen molar-refractivity contribution in [3.8, 4) is 0 Å². The van der Waals surface area contributed by atoms with Crippen LogP contribution in [-0.2, 0) is 19.6 Å². The molecule has 9 nitrogen and oxygen atoms in total. The number of carbonyl (C=O) groups is 3. The summed E-state index contributed by atoms with van der Waals surface area (Å²) in [4.78, 5) is 35.4. The molecule has 146 valence electrons. The molecule has 11 heteroatoms. The summed E-state index contributed by atoms with van der Waals surface area (Å²) in [5.74, 6) is -2.70. The van der Waals surface area contributed by atoms with Crippen molar-refractivity contribution in [3.05, 3.63) is 28.8 Å². The lowest BCUT2D eigenvalue weighted by atomic mass is 10.2. The third kappa shape index (κ3) is 4.57. The van der Waals surface area contributed by atoms with Gasteiger partial charge in [-0.25, -0.2) is 8.42 Å². The summed E-state index contributed by atoms with van der Waals surface area (Å²) in [7, 11) is -3.72. The lowest BCUT2D eigenvalue weighted by Gasteiger charge is -2.16. The molecule has 2 aliphatic rings. The highest BCUT2D eigenvalue weighted by Gasteiger charge is 2.29. The third-order valence-electron chi connectivity index (χ3n) is 4.29. The molecular weight excluding hydrogens is 396 g/mol. The number of nitrogens with one attached hydrogen (secondary N) is 3. The summed E-state index contributed by atoms with van der Waals surface area (Å²) >= 11 is 5.99. The molecule has 0 radical (unpaired) electrons. The maximum absolute atomic E-state index is 12.6. The van der Waals surface area contributed by atoms with E-state index in [-0.39, 0.29) is 21.5 Å². The van der Waals surface area contributed by atoms with E-state index in [0.29, 0.717) is 13.1 Å². The molecule has 0 atom stereocenters. The van der Waals surface area contributed by atoms with E-state index in [2.05, 4.69) is 10.7 Å². The first-order chi connectivity index (χ1) is 12.8. The Kier molecular flexibility index (Phi) is 5.68. The van der Waals surface area contributed by atoms with Gasteiger partial charge in [0.05, 0.1) is 15.5 Å². The van der Waals surface area contributed by atoms with E-state index >= 15 is 0 Å². The van der Waals surface area contributed by atoms with Gasteiger partial charge in [0.15, 0.2) is 0 Å². The Morgan fingerprint density at radius 2 is 1.70 bits per heavy atom. The van der Waals surface area contributed by atoms with E-state index < -0.39 is 27.7 Å². The average molecular weight is 415 g/mol. The fourth-order valence-corrected chi connectivity index (χ4v) is 4.38. The van der Waals surface area contributed by atoms with Gasteiger partial charge in [0.2, 0.25) is 10.0 Å². The lowest BCUT2D eigenvalue weighted by molar-refractivity contribution is -0.139. The Labute approximate surface area is 161 Å². The number of nitrogens with zero attached hydrogens (tertiary/aromatic N) is 1. The number of halogens is 1. The zero-order valence-corrected chi connectivity index (χ0v) is 15.9. The molecule has 3 N–H and O–H groups in total. The number of benzene rings is 1. The van der Waals surface area contributed by atoms with Crippen LogP contribution >= 0.6 is 11.6 Å². The highest BCUT2D eigenvalue weighted by atomic mass is 35.5. The van der Waals surface area contributed by atoms with Crippen molar-refractivity contribution in [2.75, 3.05) is 13.1 Å². The van der Waals surface area contributed by atoms with Gasteiger partial charge in [-0.3, -0.25) is 25.2 Å². The van der Waals surface area contributed by atoms with Gasteiger partial charge in [-0.05, 0) is 43.9 Å². The lowest BCUT2D eigenvalue weighted by Crippen LogP contribution is -2.49. The van der Waals surface area contributed by atoms with Crippen molar-refractivity contribution in [1.29, 1.82) is 0 Å². The molecule has 0 aromatic heterocycles. The van der Waals surface area contributed by atoms with E-state index in [1.165, 1.54) is 16.4 Å². The fourth-order valence-electron chi connectivity index (χ4n) is 2.63. The highest BCUT2D eigenvalue weighted by molar-refractivity contribution is 7.89. The minimum atomic E-state index is -3.72. The molecule has 0 spiro atoms. The van der Waals surface area contributed by atoms with Gasteiger partial charge in [0, 0.05) is 19.1 Å². The molecule has 1 heterocycles. The van der Waals surface area contributed by atoms with Crippen molar-refractivity contribution in [2.45, 2.75) is 36.6 Å². The molecule has 2 fully saturated rings. The van der Waals surface area contributed by atoms with E-state index in [1.54, 1.807) is 0 Å². The minimum absolute atomic E-state index is 0.000807. The molecule has 0 unspecified atom stereocenters. The number of carbonyl (C=O) groups excluding carboxylic acids is 3. The number of amides is 3.